The smallest absolute Gasteiger partial charge is 0.241 e. The van der Waals surface area contributed by atoms with Gasteiger partial charge in [-0.3, -0.25) is 10.1 Å². The Morgan fingerprint density at radius 1 is 1.28 bits per heavy atom. The van der Waals surface area contributed by atoms with Crippen LogP contribution in [0.25, 0.3) is 0 Å². The summed E-state index contributed by atoms with van der Waals surface area (Å²) >= 11 is 0. The van der Waals surface area contributed by atoms with Gasteiger partial charge in [0, 0.05) is 6.04 Å². The van der Waals surface area contributed by atoms with Crippen molar-refractivity contribution in [3.8, 4) is 0 Å². The zero-order valence-electron chi connectivity index (χ0n) is 10.8. The first-order valence-electron chi connectivity index (χ1n) is 6.91. The van der Waals surface area contributed by atoms with E-state index in [2.05, 4.69) is 29.3 Å². The number of carbonyl (C=O) groups is 1. The molecule has 0 aromatic heterocycles. The molecule has 3 nitrogen and oxygen atoms in total. The van der Waals surface area contributed by atoms with E-state index in [1.807, 2.05) is 18.2 Å². The van der Waals surface area contributed by atoms with Crippen molar-refractivity contribution in [2.45, 2.75) is 50.9 Å². The molecule has 0 spiro atoms. The highest BCUT2D eigenvalue weighted by molar-refractivity contribution is 5.85. The first-order valence-corrected chi connectivity index (χ1v) is 6.91. The molecule has 0 bridgehead atoms. The van der Waals surface area contributed by atoms with Gasteiger partial charge in [-0.15, -0.1) is 0 Å². The third-order valence-corrected chi connectivity index (χ3v) is 3.89. The SMILES string of the molecule is CCC1NC(Cc2ccccc2)C(=O)N1C1CC1. The number of rotatable bonds is 4. The number of nitrogens with zero attached hydrogens (tertiary/aromatic N) is 1. The average Bonchev–Trinajstić information content (AvgIpc) is 3.18. The van der Waals surface area contributed by atoms with Crippen molar-refractivity contribution in [1.82, 2.24) is 10.2 Å². The highest BCUT2D eigenvalue weighted by atomic mass is 16.2. The molecule has 1 saturated carbocycles. The van der Waals surface area contributed by atoms with E-state index in [0.29, 0.717) is 11.9 Å². The van der Waals surface area contributed by atoms with Gasteiger partial charge < -0.3 is 4.90 Å². The van der Waals surface area contributed by atoms with Crippen molar-refractivity contribution < 1.29 is 4.79 Å². The molecule has 1 aromatic rings. The molecule has 2 aliphatic rings. The summed E-state index contributed by atoms with van der Waals surface area (Å²) in [6.45, 7) is 2.14. The predicted molar refractivity (Wildman–Crippen MR) is 71.0 cm³/mol. The van der Waals surface area contributed by atoms with Gasteiger partial charge in [-0.05, 0) is 31.2 Å². The molecule has 1 aliphatic heterocycles. The van der Waals surface area contributed by atoms with Crippen LogP contribution in [0, 0.1) is 0 Å². The first-order chi connectivity index (χ1) is 8.79. The summed E-state index contributed by atoms with van der Waals surface area (Å²) in [6, 6.07) is 10.7. The predicted octanol–water partition coefficient (Wildman–Crippen LogP) is 1.93. The number of nitrogens with one attached hydrogen (secondary N) is 1. The third-order valence-electron chi connectivity index (χ3n) is 3.89. The van der Waals surface area contributed by atoms with Crippen molar-refractivity contribution in [2.24, 2.45) is 0 Å². The van der Waals surface area contributed by atoms with Gasteiger partial charge in [0.05, 0.1) is 12.2 Å². The maximum absolute atomic E-state index is 12.4. The Morgan fingerprint density at radius 3 is 2.61 bits per heavy atom. The lowest BCUT2D eigenvalue weighted by Crippen LogP contribution is -2.38. The summed E-state index contributed by atoms with van der Waals surface area (Å²) in [7, 11) is 0. The van der Waals surface area contributed by atoms with Crippen LogP contribution in [0.5, 0.6) is 0 Å². The molecule has 2 unspecified atom stereocenters. The molecule has 0 radical (unpaired) electrons. The number of carbonyl (C=O) groups excluding carboxylic acids is 1. The summed E-state index contributed by atoms with van der Waals surface area (Å²) in [5, 5.41) is 3.49. The highest BCUT2D eigenvalue weighted by Gasteiger charge is 2.45. The normalized spacial score (nSPS) is 27.8. The van der Waals surface area contributed by atoms with Crippen LogP contribution in [0.3, 0.4) is 0 Å². The van der Waals surface area contributed by atoms with Crippen molar-refractivity contribution in [3.05, 3.63) is 35.9 Å². The highest BCUT2D eigenvalue weighted by Crippen LogP contribution is 2.32. The number of hydrogen-bond acceptors (Lipinski definition) is 2. The van der Waals surface area contributed by atoms with Gasteiger partial charge in [-0.2, -0.15) is 0 Å². The molecule has 1 amide bonds. The molecule has 1 aromatic carbocycles. The molecular formula is C15H20N2O. The Labute approximate surface area is 108 Å². The summed E-state index contributed by atoms with van der Waals surface area (Å²) in [5.74, 6) is 0.299. The second kappa shape index (κ2) is 4.73. The van der Waals surface area contributed by atoms with Crippen LogP contribution in [0.15, 0.2) is 30.3 Å². The molecule has 18 heavy (non-hydrogen) atoms. The second-order valence-corrected chi connectivity index (χ2v) is 5.31. The van der Waals surface area contributed by atoms with E-state index >= 15 is 0 Å². The van der Waals surface area contributed by atoms with Gasteiger partial charge in [0.1, 0.15) is 0 Å². The van der Waals surface area contributed by atoms with Crippen LogP contribution >= 0.6 is 0 Å². The Morgan fingerprint density at radius 2 is 2.00 bits per heavy atom. The molecule has 1 heterocycles. The van der Waals surface area contributed by atoms with Crippen LogP contribution in [0.2, 0.25) is 0 Å². The summed E-state index contributed by atoms with van der Waals surface area (Å²) in [5.41, 5.74) is 1.23. The van der Waals surface area contributed by atoms with E-state index < -0.39 is 0 Å². The summed E-state index contributed by atoms with van der Waals surface area (Å²) in [4.78, 5) is 14.5. The summed E-state index contributed by atoms with van der Waals surface area (Å²) in [6.07, 6.45) is 4.41. The fraction of sp³-hybridized carbons (Fsp3) is 0.533. The fourth-order valence-corrected chi connectivity index (χ4v) is 2.82. The number of amides is 1. The Balaban J connectivity index is 1.72. The van der Waals surface area contributed by atoms with Crippen molar-refractivity contribution in [1.29, 1.82) is 0 Å². The lowest BCUT2D eigenvalue weighted by molar-refractivity contribution is -0.130. The van der Waals surface area contributed by atoms with E-state index in [1.165, 1.54) is 18.4 Å². The maximum atomic E-state index is 12.4. The van der Waals surface area contributed by atoms with Crippen LogP contribution in [0.1, 0.15) is 31.7 Å². The van der Waals surface area contributed by atoms with Gasteiger partial charge in [-0.25, -0.2) is 0 Å². The maximum Gasteiger partial charge on any atom is 0.241 e. The van der Waals surface area contributed by atoms with Gasteiger partial charge >= 0.3 is 0 Å². The number of benzene rings is 1. The van der Waals surface area contributed by atoms with E-state index in [4.69, 9.17) is 0 Å². The Bertz CT molecular complexity index is 427. The lowest BCUT2D eigenvalue weighted by Gasteiger charge is -2.22. The number of hydrogen-bond donors (Lipinski definition) is 1. The van der Waals surface area contributed by atoms with Gasteiger partial charge in [0.2, 0.25) is 5.91 Å². The zero-order valence-corrected chi connectivity index (χ0v) is 10.8. The van der Waals surface area contributed by atoms with Gasteiger partial charge in [0.25, 0.3) is 0 Å². The van der Waals surface area contributed by atoms with E-state index in [0.717, 1.165) is 12.8 Å². The Kier molecular flexibility index (Phi) is 3.08. The molecule has 1 N–H and O–H groups in total. The molecule has 1 aliphatic carbocycles. The van der Waals surface area contributed by atoms with Gasteiger partial charge in [-0.1, -0.05) is 37.3 Å². The fourth-order valence-electron chi connectivity index (χ4n) is 2.82. The standard InChI is InChI=1S/C15H20N2O/c1-2-14-16-13(10-11-6-4-3-5-7-11)15(18)17(14)12-8-9-12/h3-7,12-14,16H,2,8-10H2,1H3. The largest absolute Gasteiger partial charge is 0.323 e. The Hall–Kier alpha value is -1.35. The van der Waals surface area contributed by atoms with Crippen molar-refractivity contribution >= 4 is 5.91 Å². The second-order valence-electron chi connectivity index (χ2n) is 5.31. The minimum atomic E-state index is -0.0297. The van der Waals surface area contributed by atoms with Crippen LogP contribution in [0.4, 0.5) is 0 Å². The van der Waals surface area contributed by atoms with Crippen LogP contribution < -0.4 is 5.32 Å². The zero-order chi connectivity index (χ0) is 12.5. The molecule has 96 valence electrons. The summed E-state index contributed by atoms with van der Waals surface area (Å²) < 4.78 is 0. The quantitative estimate of drug-likeness (QED) is 0.877. The van der Waals surface area contributed by atoms with Crippen molar-refractivity contribution in [3.63, 3.8) is 0 Å². The third kappa shape index (κ3) is 2.15. The molecule has 2 fully saturated rings. The molecule has 3 rings (SSSR count). The molecular weight excluding hydrogens is 224 g/mol. The lowest BCUT2D eigenvalue weighted by atomic mass is 10.1. The van der Waals surface area contributed by atoms with E-state index in [9.17, 15) is 4.79 Å². The van der Waals surface area contributed by atoms with Crippen LogP contribution in [-0.4, -0.2) is 29.1 Å². The topological polar surface area (TPSA) is 32.3 Å². The minimum absolute atomic E-state index is 0.0297. The van der Waals surface area contributed by atoms with Gasteiger partial charge in [0.15, 0.2) is 0 Å². The van der Waals surface area contributed by atoms with E-state index in [-0.39, 0.29) is 12.2 Å². The van der Waals surface area contributed by atoms with Crippen molar-refractivity contribution in [2.75, 3.05) is 0 Å². The minimum Gasteiger partial charge on any atom is -0.323 e. The molecule has 2 atom stereocenters. The molecule has 1 saturated heterocycles. The molecule has 3 heteroatoms. The van der Waals surface area contributed by atoms with Crippen LogP contribution in [-0.2, 0) is 11.2 Å². The van der Waals surface area contributed by atoms with E-state index in [1.54, 1.807) is 0 Å². The monoisotopic (exact) mass is 244 g/mol. The average molecular weight is 244 g/mol. The first kappa shape index (κ1) is 11.7.